The Labute approximate surface area is 160 Å². The monoisotopic (exact) mass is 365 g/mol. The summed E-state index contributed by atoms with van der Waals surface area (Å²) in [6, 6.07) is 17.7. The number of hydrogen-bond acceptors (Lipinski definition) is 3. The van der Waals surface area contributed by atoms with Crippen LogP contribution in [0.4, 0.5) is 0 Å². The van der Waals surface area contributed by atoms with E-state index < -0.39 is 6.04 Å². The van der Waals surface area contributed by atoms with Gasteiger partial charge >= 0.3 is 0 Å². The average molecular weight is 365 g/mol. The molecule has 0 bridgehead atoms. The van der Waals surface area contributed by atoms with Crippen LogP contribution in [-0.2, 0) is 14.3 Å². The van der Waals surface area contributed by atoms with Crippen molar-refractivity contribution in [3.8, 4) is 11.1 Å². The largest absolute Gasteiger partial charge is 0.368 e. The van der Waals surface area contributed by atoms with E-state index in [1.807, 2.05) is 37.3 Å². The summed E-state index contributed by atoms with van der Waals surface area (Å²) in [5, 5.41) is 2.93. The zero-order valence-corrected chi connectivity index (χ0v) is 16.1. The lowest BCUT2D eigenvalue weighted by molar-refractivity contribution is -0.127. The van der Waals surface area contributed by atoms with Gasteiger partial charge in [0.1, 0.15) is 12.6 Å². The lowest BCUT2D eigenvalue weighted by Gasteiger charge is -2.23. The van der Waals surface area contributed by atoms with Crippen molar-refractivity contribution < 1.29 is 14.3 Å². The Morgan fingerprint density at radius 1 is 1.11 bits per heavy atom. The zero-order valence-electron chi connectivity index (χ0n) is 16.1. The second kappa shape index (κ2) is 8.49. The summed E-state index contributed by atoms with van der Waals surface area (Å²) >= 11 is 0. The number of nitrogens with one attached hydrogen (secondary N) is 1. The van der Waals surface area contributed by atoms with Gasteiger partial charge in [0.2, 0.25) is 5.91 Å². The van der Waals surface area contributed by atoms with E-state index in [2.05, 4.69) is 43.4 Å². The zero-order chi connectivity index (χ0) is 19.4. The van der Waals surface area contributed by atoms with Gasteiger partial charge in [-0.25, -0.2) is 0 Å². The molecule has 1 saturated heterocycles. The van der Waals surface area contributed by atoms with Crippen LogP contribution in [0.5, 0.6) is 0 Å². The number of amides is 1. The average Bonchev–Trinajstić information content (AvgIpc) is 2.98. The number of Topliss-reactive ketones (excluding diaryl/α,β-unsaturated/α-hetero) is 1. The van der Waals surface area contributed by atoms with E-state index >= 15 is 0 Å². The van der Waals surface area contributed by atoms with Gasteiger partial charge in [-0.05, 0) is 36.0 Å². The van der Waals surface area contributed by atoms with Gasteiger partial charge in [-0.3, -0.25) is 9.59 Å². The molecule has 0 radical (unpaired) electrons. The van der Waals surface area contributed by atoms with E-state index in [1.165, 1.54) is 0 Å². The SMILES string of the molecule is CC(C)C[C@@H](C(=O)N[C@@H]1C(=O)CO[C@@H]1C)c1cccc(-c2ccccc2)c1. The Hall–Kier alpha value is -2.46. The minimum atomic E-state index is -0.551. The predicted molar refractivity (Wildman–Crippen MR) is 106 cm³/mol. The van der Waals surface area contributed by atoms with E-state index in [-0.39, 0.29) is 30.3 Å². The molecule has 0 aromatic heterocycles. The van der Waals surface area contributed by atoms with Crippen molar-refractivity contribution in [2.75, 3.05) is 6.61 Å². The Morgan fingerprint density at radius 2 is 1.81 bits per heavy atom. The molecule has 3 rings (SSSR count). The first kappa shape index (κ1) is 19.3. The van der Waals surface area contributed by atoms with Crippen molar-refractivity contribution in [3.05, 3.63) is 60.2 Å². The lowest BCUT2D eigenvalue weighted by atomic mass is 9.87. The normalized spacial score (nSPS) is 20.7. The summed E-state index contributed by atoms with van der Waals surface area (Å²) < 4.78 is 5.36. The first-order valence-corrected chi connectivity index (χ1v) is 9.55. The summed E-state index contributed by atoms with van der Waals surface area (Å²) in [7, 11) is 0. The van der Waals surface area contributed by atoms with Gasteiger partial charge in [-0.2, -0.15) is 0 Å². The maximum Gasteiger partial charge on any atom is 0.228 e. The van der Waals surface area contributed by atoms with Gasteiger partial charge in [0, 0.05) is 0 Å². The Morgan fingerprint density at radius 3 is 2.44 bits per heavy atom. The molecule has 1 fully saturated rings. The predicted octanol–water partition coefficient (Wildman–Crippen LogP) is 3.96. The lowest BCUT2D eigenvalue weighted by Crippen LogP contribution is -2.45. The molecule has 0 aliphatic carbocycles. The maximum absolute atomic E-state index is 13.1. The molecule has 27 heavy (non-hydrogen) atoms. The molecule has 4 nitrogen and oxygen atoms in total. The highest BCUT2D eigenvalue weighted by Gasteiger charge is 2.35. The smallest absolute Gasteiger partial charge is 0.228 e. The molecule has 0 spiro atoms. The molecular weight excluding hydrogens is 338 g/mol. The number of hydrogen-bond donors (Lipinski definition) is 1. The summed E-state index contributed by atoms with van der Waals surface area (Å²) in [5.74, 6) is -0.106. The van der Waals surface area contributed by atoms with Gasteiger partial charge in [0.25, 0.3) is 0 Å². The maximum atomic E-state index is 13.1. The molecular formula is C23H27NO3. The molecule has 1 aliphatic heterocycles. The van der Waals surface area contributed by atoms with Crippen molar-refractivity contribution in [2.45, 2.75) is 45.3 Å². The molecule has 1 heterocycles. The van der Waals surface area contributed by atoms with E-state index in [0.29, 0.717) is 5.92 Å². The van der Waals surface area contributed by atoms with Crippen LogP contribution >= 0.6 is 0 Å². The van der Waals surface area contributed by atoms with Crippen LogP contribution in [0.1, 0.15) is 38.7 Å². The van der Waals surface area contributed by atoms with Crippen LogP contribution in [0.3, 0.4) is 0 Å². The fourth-order valence-electron chi connectivity index (χ4n) is 3.54. The van der Waals surface area contributed by atoms with Crippen LogP contribution in [0.2, 0.25) is 0 Å². The van der Waals surface area contributed by atoms with Crippen LogP contribution in [0, 0.1) is 5.92 Å². The molecule has 142 valence electrons. The summed E-state index contributed by atoms with van der Waals surface area (Å²) in [4.78, 5) is 25.1. The van der Waals surface area contributed by atoms with Crippen LogP contribution in [0.25, 0.3) is 11.1 Å². The van der Waals surface area contributed by atoms with Gasteiger partial charge in [0.05, 0.1) is 12.0 Å². The standard InChI is InChI=1S/C23H27NO3/c1-15(2)12-20(23(26)24-22-16(3)27-14-21(22)25)19-11-7-10-18(13-19)17-8-5-4-6-9-17/h4-11,13,15-16,20,22H,12,14H2,1-3H3,(H,24,26)/t16-,20-,22+/m1/s1. The third-order valence-corrected chi connectivity index (χ3v) is 5.02. The molecule has 1 aliphatic rings. The molecule has 1 N–H and O–H groups in total. The third-order valence-electron chi connectivity index (χ3n) is 5.02. The number of carbonyl (C=O) groups is 2. The minimum Gasteiger partial charge on any atom is -0.368 e. The number of ether oxygens (including phenoxy) is 1. The molecule has 4 heteroatoms. The number of ketones is 1. The highest BCUT2D eigenvalue weighted by Crippen LogP contribution is 2.29. The topological polar surface area (TPSA) is 55.4 Å². The highest BCUT2D eigenvalue weighted by atomic mass is 16.5. The summed E-state index contributed by atoms with van der Waals surface area (Å²) in [5.41, 5.74) is 3.18. The summed E-state index contributed by atoms with van der Waals surface area (Å²) in [6.45, 7) is 6.11. The van der Waals surface area contributed by atoms with Gasteiger partial charge in [-0.1, -0.05) is 68.4 Å². The van der Waals surface area contributed by atoms with E-state index in [0.717, 1.165) is 23.1 Å². The van der Waals surface area contributed by atoms with E-state index in [9.17, 15) is 9.59 Å². The van der Waals surface area contributed by atoms with Crippen molar-refractivity contribution in [3.63, 3.8) is 0 Å². The Bertz CT molecular complexity index is 800. The van der Waals surface area contributed by atoms with Gasteiger partial charge in [0.15, 0.2) is 5.78 Å². The Balaban J connectivity index is 1.86. The van der Waals surface area contributed by atoms with Crippen molar-refractivity contribution in [1.29, 1.82) is 0 Å². The van der Waals surface area contributed by atoms with E-state index in [1.54, 1.807) is 0 Å². The van der Waals surface area contributed by atoms with Crippen LogP contribution in [-0.4, -0.2) is 30.4 Å². The number of benzene rings is 2. The molecule has 0 unspecified atom stereocenters. The van der Waals surface area contributed by atoms with Crippen molar-refractivity contribution in [1.82, 2.24) is 5.32 Å². The second-order valence-corrected chi connectivity index (χ2v) is 7.64. The molecule has 3 atom stereocenters. The first-order valence-electron chi connectivity index (χ1n) is 9.55. The minimum absolute atomic E-state index is 0.0582. The molecule has 2 aromatic rings. The van der Waals surface area contributed by atoms with E-state index in [4.69, 9.17) is 4.74 Å². The van der Waals surface area contributed by atoms with Crippen molar-refractivity contribution in [2.24, 2.45) is 5.92 Å². The fourth-order valence-corrected chi connectivity index (χ4v) is 3.54. The third kappa shape index (κ3) is 4.64. The van der Waals surface area contributed by atoms with Crippen molar-refractivity contribution >= 4 is 11.7 Å². The molecule has 1 amide bonds. The van der Waals surface area contributed by atoms with Crippen LogP contribution < -0.4 is 5.32 Å². The molecule has 2 aromatic carbocycles. The number of carbonyl (C=O) groups excluding carboxylic acids is 2. The quantitative estimate of drug-likeness (QED) is 0.843. The second-order valence-electron chi connectivity index (χ2n) is 7.64. The first-order chi connectivity index (χ1) is 13.0. The Kier molecular flexibility index (Phi) is 6.07. The number of rotatable bonds is 6. The summed E-state index contributed by atoms with van der Waals surface area (Å²) in [6.07, 6.45) is 0.442. The molecule has 0 saturated carbocycles. The van der Waals surface area contributed by atoms with Crippen LogP contribution in [0.15, 0.2) is 54.6 Å². The van der Waals surface area contributed by atoms with Gasteiger partial charge < -0.3 is 10.1 Å². The fraction of sp³-hybridized carbons (Fsp3) is 0.391. The van der Waals surface area contributed by atoms with Gasteiger partial charge in [-0.15, -0.1) is 0 Å². The highest BCUT2D eigenvalue weighted by molar-refractivity contribution is 5.93.